The van der Waals surface area contributed by atoms with Crippen molar-refractivity contribution in [1.29, 1.82) is 0 Å². The Labute approximate surface area is 85.9 Å². The van der Waals surface area contributed by atoms with Gasteiger partial charge in [0.05, 0.1) is 21.3 Å². The van der Waals surface area contributed by atoms with Crippen molar-refractivity contribution in [2.24, 2.45) is 0 Å². The van der Waals surface area contributed by atoms with E-state index in [1.165, 1.54) is 6.33 Å². The molecule has 0 radical (unpaired) electrons. The second kappa shape index (κ2) is 3.34. The van der Waals surface area contributed by atoms with E-state index in [2.05, 4.69) is 15.0 Å². The van der Waals surface area contributed by atoms with Gasteiger partial charge in [-0.3, -0.25) is 0 Å². The molecular weight excluding hydrogens is 196 g/mol. The first-order chi connectivity index (χ1) is 6.66. The third-order valence-electron chi connectivity index (χ3n) is 1.82. The van der Waals surface area contributed by atoms with Crippen LogP contribution in [0.25, 0.3) is 10.6 Å². The minimum Gasteiger partial charge on any atom is -0.384 e. The predicted molar refractivity (Wildman–Crippen MR) is 57.0 cm³/mol. The smallest absolute Gasteiger partial charge is 0.127 e. The van der Waals surface area contributed by atoms with Crippen molar-refractivity contribution < 1.29 is 0 Å². The van der Waals surface area contributed by atoms with Gasteiger partial charge in [0.2, 0.25) is 0 Å². The van der Waals surface area contributed by atoms with Crippen LogP contribution >= 0.6 is 11.3 Å². The van der Waals surface area contributed by atoms with Crippen molar-refractivity contribution in [3.8, 4) is 10.6 Å². The quantitative estimate of drug-likeness (QED) is 0.772. The van der Waals surface area contributed by atoms with E-state index in [4.69, 9.17) is 5.73 Å². The molecule has 5 heteroatoms. The number of nitrogen functional groups attached to an aromatic ring is 1. The van der Waals surface area contributed by atoms with Gasteiger partial charge < -0.3 is 5.73 Å². The number of rotatable bonds is 1. The number of anilines is 1. The molecule has 2 aromatic rings. The molecule has 0 saturated carbocycles. The number of nitrogens with two attached hydrogens (primary N) is 1. The maximum atomic E-state index is 5.59. The summed E-state index contributed by atoms with van der Waals surface area (Å²) in [4.78, 5) is 13.4. The SMILES string of the molecule is Cc1nc(C)c(-c2cc(N)ncn2)s1. The van der Waals surface area contributed by atoms with E-state index < -0.39 is 0 Å². The Morgan fingerprint density at radius 2 is 2.07 bits per heavy atom. The number of aryl methyl sites for hydroxylation is 2. The van der Waals surface area contributed by atoms with E-state index >= 15 is 0 Å². The summed E-state index contributed by atoms with van der Waals surface area (Å²) in [5.74, 6) is 0.487. The van der Waals surface area contributed by atoms with Crippen molar-refractivity contribution in [1.82, 2.24) is 15.0 Å². The summed E-state index contributed by atoms with van der Waals surface area (Å²) < 4.78 is 0. The number of thiazole rings is 1. The third kappa shape index (κ3) is 1.58. The molecule has 0 atom stereocenters. The highest BCUT2D eigenvalue weighted by atomic mass is 32.1. The molecule has 0 fully saturated rings. The minimum atomic E-state index is 0.487. The molecule has 0 spiro atoms. The molecule has 0 amide bonds. The van der Waals surface area contributed by atoms with Crippen LogP contribution in [0.2, 0.25) is 0 Å². The van der Waals surface area contributed by atoms with Crippen molar-refractivity contribution in [2.75, 3.05) is 5.73 Å². The highest BCUT2D eigenvalue weighted by molar-refractivity contribution is 7.15. The van der Waals surface area contributed by atoms with E-state index in [0.29, 0.717) is 5.82 Å². The largest absolute Gasteiger partial charge is 0.384 e. The monoisotopic (exact) mass is 206 g/mol. The fourth-order valence-electron chi connectivity index (χ4n) is 1.27. The van der Waals surface area contributed by atoms with Gasteiger partial charge in [0.1, 0.15) is 12.1 Å². The Balaban J connectivity index is 2.54. The summed E-state index contributed by atoms with van der Waals surface area (Å²) in [5.41, 5.74) is 7.43. The van der Waals surface area contributed by atoms with E-state index in [1.54, 1.807) is 17.4 Å². The van der Waals surface area contributed by atoms with Gasteiger partial charge in [-0.25, -0.2) is 15.0 Å². The summed E-state index contributed by atoms with van der Waals surface area (Å²) >= 11 is 1.62. The normalized spacial score (nSPS) is 10.4. The van der Waals surface area contributed by atoms with Crippen molar-refractivity contribution >= 4 is 17.2 Å². The van der Waals surface area contributed by atoms with Crippen molar-refractivity contribution in [2.45, 2.75) is 13.8 Å². The van der Waals surface area contributed by atoms with Crippen LogP contribution in [0.15, 0.2) is 12.4 Å². The zero-order chi connectivity index (χ0) is 10.1. The van der Waals surface area contributed by atoms with Crippen LogP contribution < -0.4 is 5.73 Å². The Bertz CT molecular complexity index is 464. The van der Waals surface area contributed by atoms with Crippen LogP contribution in [-0.2, 0) is 0 Å². The number of hydrogen-bond donors (Lipinski definition) is 1. The minimum absolute atomic E-state index is 0.487. The van der Waals surface area contributed by atoms with Crippen LogP contribution in [0.3, 0.4) is 0 Å². The lowest BCUT2D eigenvalue weighted by molar-refractivity contribution is 1.16. The van der Waals surface area contributed by atoms with Gasteiger partial charge in [0.25, 0.3) is 0 Å². The van der Waals surface area contributed by atoms with Gasteiger partial charge in [0, 0.05) is 6.07 Å². The molecule has 2 aromatic heterocycles. The highest BCUT2D eigenvalue weighted by Crippen LogP contribution is 2.28. The number of hydrogen-bond acceptors (Lipinski definition) is 5. The summed E-state index contributed by atoms with van der Waals surface area (Å²) in [6, 6.07) is 1.76. The van der Waals surface area contributed by atoms with Crippen LogP contribution in [-0.4, -0.2) is 15.0 Å². The second-order valence-electron chi connectivity index (χ2n) is 2.98. The Morgan fingerprint density at radius 1 is 1.29 bits per heavy atom. The predicted octanol–water partition coefficient (Wildman–Crippen LogP) is 1.80. The topological polar surface area (TPSA) is 64.7 Å². The van der Waals surface area contributed by atoms with Crippen LogP contribution in [0.4, 0.5) is 5.82 Å². The summed E-state index contributed by atoms with van der Waals surface area (Å²) in [7, 11) is 0. The van der Waals surface area contributed by atoms with Crippen LogP contribution in [0, 0.1) is 13.8 Å². The van der Waals surface area contributed by atoms with E-state index in [9.17, 15) is 0 Å². The summed E-state index contributed by atoms with van der Waals surface area (Å²) in [5, 5.41) is 1.04. The Kier molecular flexibility index (Phi) is 2.17. The molecule has 0 aliphatic rings. The van der Waals surface area contributed by atoms with Gasteiger partial charge in [0.15, 0.2) is 0 Å². The molecule has 0 bridgehead atoms. The maximum Gasteiger partial charge on any atom is 0.127 e. The Morgan fingerprint density at radius 3 is 2.64 bits per heavy atom. The van der Waals surface area contributed by atoms with Gasteiger partial charge in [-0.1, -0.05) is 0 Å². The molecule has 14 heavy (non-hydrogen) atoms. The second-order valence-corrected chi connectivity index (χ2v) is 4.18. The average molecular weight is 206 g/mol. The number of nitrogens with zero attached hydrogens (tertiary/aromatic N) is 3. The molecule has 2 rings (SSSR count). The molecule has 4 nitrogen and oxygen atoms in total. The van der Waals surface area contributed by atoms with Gasteiger partial charge in [-0.2, -0.15) is 0 Å². The standard InChI is InChI=1S/C9H10N4S/c1-5-9(14-6(2)13-5)7-3-8(10)12-4-11-7/h3-4H,1-2H3,(H2,10,11,12). The van der Waals surface area contributed by atoms with Gasteiger partial charge in [-0.15, -0.1) is 11.3 Å². The summed E-state index contributed by atoms with van der Waals surface area (Å²) in [6.07, 6.45) is 1.47. The first kappa shape index (κ1) is 9.08. The molecule has 2 heterocycles. The first-order valence-corrected chi connectivity index (χ1v) is 5.00. The fourth-order valence-corrected chi connectivity index (χ4v) is 2.15. The maximum absolute atomic E-state index is 5.59. The lowest BCUT2D eigenvalue weighted by Crippen LogP contribution is -1.92. The van der Waals surface area contributed by atoms with E-state index in [-0.39, 0.29) is 0 Å². The van der Waals surface area contributed by atoms with Gasteiger partial charge >= 0.3 is 0 Å². The molecular formula is C9H10N4S. The van der Waals surface area contributed by atoms with Gasteiger partial charge in [-0.05, 0) is 13.8 Å². The van der Waals surface area contributed by atoms with Crippen molar-refractivity contribution in [3.05, 3.63) is 23.1 Å². The highest BCUT2D eigenvalue weighted by Gasteiger charge is 2.08. The lowest BCUT2D eigenvalue weighted by Gasteiger charge is -1.97. The van der Waals surface area contributed by atoms with E-state index in [0.717, 1.165) is 21.3 Å². The first-order valence-electron chi connectivity index (χ1n) is 4.19. The molecule has 0 saturated heterocycles. The molecule has 0 aliphatic carbocycles. The number of aromatic nitrogens is 3. The molecule has 2 N–H and O–H groups in total. The zero-order valence-corrected chi connectivity index (χ0v) is 8.80. The van der Waals surface area contributed by atoms with Crippen molar-refractivity contribution in [3.63, 3.8) is 0 Å². The molecule has 72 valence electrons. The van der Waals surface area contributed by atoms with E-state index in [1.807, 2.05) is 13.8 Å². The fraction of sp³-hybridized carbons (Fsp3) is 0.222. The van der Waals surface area contributed by atoms with Crippen LogP contribution in [0.5, 0.6) is 0 Å². The molecule has 0 aromatic carbocycles. The summed E-state index contributed by atoms with van der Waals surface area (Å²) in [6.45, 7) is 3.95. The zero-order valence-electron chi connectivity index (χ0n) is 7.98. The molecule has 0 unspecified atom stereocenters. The van der Waals surface area contributed by atoms with Crippen LogP contribution in [0.1, 0.15) is 10.7 Å². The lowest BCUT2D eigenvalue weighted by atomic mass is 10.3. The Hall–Kier alpha value is -1.49. The average Bonchev–Trinajstić information content (AvgIpc) is 2.45. The third-order valence-corrected chi connectivity index (χ3v) is 2.92. The molecule has 0 aliphatic heterocycles.